The lowest BCUT2D eigenvalue weighted by atomic mass is 10.3. The molecule has 13 heavy (non-hydrogen) atoms. The van der Waals surface area contributed by atoms with Crippen molar-refractivity contribution in [3.05, 3.63) is 17.5 Å². The van der Waals surface area contributed by atoms with Gasteiger partial charge in [0.15, 0.2) is 0 Å². The minimum Gasteiger partial charge on any atom is -0.277 e. The fourth-order valence-corrected chi connectivity index (χ4v) is 0.918. The highest BCUT2D eigenvalue weighted by Gasteiger charge is 1.97. The highest BCUT2D eigenvalue weighted by molar-refractivity contribution is 7.88. The molecule has 0 unspecified atom stereocenters. The summed E-state index contributed by atoms with van der Waals surface area (Å²) >= 11 is 0. The summed E-state index contributed by atoms with van der Waals surface area (Å²) in [6.07, 6.45) is 4.02. The maximum Gasteiger partial charge on any atom is 0.244 e. The van der Waals surface area contributed by atoms with E-state index in [1.54, 1.807) is 6.20 Å². The maximum atomic E-state index is 10.6. The smallest absolute Gasteiger partial charge is 0.244 e. The third-order valence-electron chi connectivity index (χ3n) is 1.28. The van der Waals surface area contributed by atoms with Gasteiger partial charge in [-0.15, -0.1) is 0 Å². The highest BCUT2D eigenvalue weighted by Crippen LogP contribution is 1.97. The first kappa shape index (κ1) is 9.72. The van der Waals surface area contributed by atoms with Gasteiger partial charge < -0.3 is 0 Å². The normalized spacial score (nSPS) is 12.2. The van der Waals surface area contributed by atoms with E-state index in [4.69, 9.17) is 0 Å². The molecule has 0 fully saturated rings. The van der Waals surface area contributed by atoms with E-state index in [-0.39, 0.29) is 0 Å². The third kappa shape index (κ3) is 3.24. The van der Waals surface area contributed by atoms with E-state index in [1.165, 1.54) is 6.21 Å². The summed E-state index contributed by atoms with van der Waals surface area (Å²) < 4.78 is 21.2. The zero-order valence-corrected chi connectivity index (χ0v) is 8.09. The molecule has 0 aliphatic rings. The maximum absolute atomic E-state index is 10.6. The molecule has 0 amide bonds. The van der Waals surface area contributed by atoms with Crippen molar-refractivity contribution in [1.29, 1.82) is 0 Å². The molecule has 72 valence electrons. The van der Waals surface area contributed by atoms with Crippen LogP contribution in [0.25, 0.3) is 0 Å². The van der Waals surface area contributed by atoms with E-state index in [0.717, 1.165) is 11.8 Å². The molecule has 6 nitrogen and oxygen atoms in total. The minimum atomic E-state index is -3.27. The van der Waals surface area contributed by atoms with Gasteiger partial charge in [0.25, 0.3) is 0 Å². The van der Waals surface area contributed by atoms with Crippen LogP contribution >= 0.6 is 0 Å². The van der Waals surface area contributed by atoms with Gasteiger partial charge in [-0.05, 0) is 12.5 Å². The molecule has 2 N–H and O–H groups in total. The van der Waals surface area contributed by atoms with Crippen LogP contribution in [0.5, 0.6) is 0 Å². The molecule has 0 atom stereocenters. The second-order valence-electron chi connectivity index (χ2n) is 2.59. The molecular weight excluding hydrogens is 192 g/mol. The second kappa shape index (κ2) is 3.56. The van der Waals surface area contributed by atoms with Crippen LogP contribution in [0.15, 0.2) is 11.3 Å². The van der Waals surface area contributed by atoms with E-state index < -0.39 is 10.0 Å². The van der Waals surface area contributed by atoms with Gasteiger partial charge in [-0.3, -0.25) is 5.10 Å². The first-order valence-electron chi connectivity index (χ1n) is 3.49. The van der Waals surface area contributed by atoms with Gasteiger partial charge in [-0.1, -0.05) is 0 Å². The van der Waals surface area contributed by atoms with Gasteiger partial charge in [0.2, 0.25) is 10.0 Å². The zero-order valence-electron chi connectivity index (χ0n) is 7.27. The number of rotatable bonds is 3. The number of hydrogen-bond acceptors (Lipinski definition) is 4. The Morgan fingerprint density at radius 2 is 2.38 bits per heavy atom. The molecule has 0 radical (unpaired) electrons. The topological polar surface area (TPSA) is 87.2 Å². The Balaban J connectivity index is 2.65. The summed E-state index contributed by atoms with van der Waals surface area (Å²) in [7, 11) is -3.27. The Morgan fingerprint density at radius 1 is 1.69 bits per heavy atom. The van der Waals surface area contributed by atoms with Gasteiger partial charge >= 0.3 is 0 Å². The van der Waals surface area contributed by atoms with Crippen LogP contribution in [0.3, 0.4) is 0 Å². The van der Waals surface area contributed by atoms with Crippen molar-refractivity contribution in [3.63, 3.8) is 0 Å². The predicted molar refractivity (Wildman–Crippen MR) is 48.9 cm³/mol. The van der Waals surface area contributed by atoms with Gasteiger partial charge in [-0.2, -0.15) is 10.2 Å². The Hall–Kier alpha value is -1.37. The lowest BCUT2D eigenvalue weighted by molar-refractivity contribution is 0.591. The molecule has 1 aromatic rings. The highest BCUT2D eigenvalue weighted by atomic mass is 32.2. The molecule has 1 aromatic heterocycles. The average molecular weight is 202 g/mol. The Kier molecular flexibility index (Phi) is 2.66. The van der Waals surface area contributed by atoms with Crippen molar-refractivity contribution < 1.29 is 8.42 Å². The van der Waals surface area contributed by atoms with E-state index >= 15 is 0 Å². The Morgan fingerprint density at radius 3 is 2.85 bits per heavy atom. The molecular formula is C6H10N4O2S. The number of hydrogen-bond donors (Lipinski definition) is 2. The minimum absolute atomic E-state index is 0.677. The largest absolute Gasteiger partial charge is 0.277 e. The number of H-pyrrole nitrogens is 1. The van der Waals surface area contributed by atoms with Gasteiger partial charge in [0.05, 0.1) is 24.4 Å². The molecule has 0 aliphatic carbocycles. The molecule has 0 saturated carbocycles. The summed E-state index contributed by atoms with van der Waals surface area (Å²) in [6.45, 7) is 1.84. The number of nitrogens with one attached hydrogen (secondary N) is 2. The van der Waals surface area contributed by atoms with Crippen molar-refractivity contribution in [3.8, 4) is 0 Å². The lowest BCUT2D eigenvalue weighted by Gasteiger charge is -1.93. The van der Waals surface area contributed by atoms with Crippen molar-refractivity contribution in [2.75, 3.05) is 6.26 Å². The van der Waals surface area contributed by atoms with E-state index in [2.05, 4.69) is 15.3 Å². The summed E-state index contributed by atoms with van der Waals surface area (Å²) in [5.74, 6) is 0. The number of aromatic amines is 1. The lowest BCUT2D eigenvalue weighted by Crippen LogP contribution is -2.15. The first-order chi connectivity index (χ1) is 5.99. The number of sulfonamides is 1. The van der Waals surface area contributed by atoms with Crippen LogP contribution in [-0.2, 0) is 10.0 Å². The van der Waals surface area contributed by atoms with Crippen LogP contribution in [0.2, 0.25) is 0 Å². The van der Waals surface area contributed by atoms with Crippen LogP contribution in [-0.4, -0.2) is 31.1 Å². The molecule has 0 saturated heterocycles. The van der Waals surface area contributed by atoms with Crippen LogP contribution in [0.4, 0.5) is 0 Å². The van der Waals surface area contributed by atoms with Crippen molar-refractivity contribution >= 4 is 16.2 Å². The van der Waals surface area contributed by atoms with E-state index in [1.807, 2.05) is 11.8 Å². The molecule has 0 spiro atoms. The van der Waals surface area contributed by atoms with E-state index in [9.17, 15) is 8.42 Å². The molecule has 1 rings (SSSR count). The average Bonchev–Trinajstić information content (AvgIpc) is 2.34. The van der Waals surface area contributed by atoms with Gasteiger partial charge in [0, 0.05) is 0 Å². The van der Waals surface area contributed by atoms with Crippen molar-refractivity contribution in [1.82, 2.24) is 15.0 Å². The SMILES string of the molecule is Cc1cn[nH]c1/C=N/NS(C)(=O)=O. The third-order valence-corrected chi connectivity index (χ3v) is 1.72. The quantitative estimate of drug-likeness (QED) is 0.516. The monoisotopic (exact) mass is 202 g/mol. The van der Waals surface area contributed by atoms with Crippen molar-refractivity contribution in [2.24, 2.45) is 5.10 Å². The van der Waals surface area contributed by atoms with Crippen LogP contribution < -0.4 is 4.83 Å². The first-order valence-corrected chi connectivity index (χ1v) is 5.38. The zero-order chi connectivity index (χ0) is 9.90. The molecule has 0 aromatic carbocycles. The van der Waals surface area contributed by atoms with Gasteiger partial charge in [-0.25, -0.2) is 13.2 Å². The molecule has 0 aliphatic heterocycles. The number of nitrogens with zero attached hydrogens (tertiary/aromatic N) is 2. The Bertz CT molecular complexity index is 406. The number of hydrazone groups is 1. The fourth-order valence-electron chi connectivity index (χ4n) is 0.674. The fraction of sp³-hybridized carbons (Fsp3) is 0.333. The summed E-state index contributed by atoms with van der Waals surface area (Å²) in [6, 6.07) is 0. The summed E-state index contributed by atoms with van der Waals surface area (Å²) in [4.78, 5) is 1.98. The predicted octanol–water partition coefficient (Wildman–Crippen LogP) is -0.399. The number of aryl methyl sites for hydroxylation is 1. The molecule has 7 heteroatoms. The Labute approximate surface area is 76.1 Å². The van der Waals surface area contributed by atoms with Crippen molar-refractivity contribution in [2.45, 2.75) is 6.92 Å². The summed E-state index contributed by atoms with van der Waals surface area (Å²) in [5.41, 5.74) is 1.58. The van der Waals surface area contributed by atoms with Crippen LogP contribution in [0, 0.1) is 6.92 Å². The second-order valence-corrected chi connectivity index (χ2v) is 4.32. The standard InChI is InChI=1S/C6H10N4O2S/c1-5-3-7-9-6(5)4-8-10-13(2,11)12/h3-4,10H,1-2H3,(H,7,9)/b8-4+. The van der Waals surface area contributed by atoms with E-state index in [0.29, 0.717) is 5.69 Å². The molecule has 0 bridgehead atoms. The molecule has 1 heterocycles. The van der Waals surface area contributed by atoms with Gasteiger partial charge in [0.1, 0.15) is 0 Å². The summed E-state index contributed by atoms with van der Waals surface area (Å²) in [5, 5.41) is 9.91. The number of aromatic nitrogens is 2. The van der Waals surface area contributed by atoms with Crippen LogP contribution in [0.1, 0.15) is 11.3 Å².